The second kappa shape index (κ2) is 11.5. The Balaban J connectivity index is 0.00000210. The van der Waals surface area contributed by atoms with Gasteiger partial charge in [-0.2, -0.15) is 0 Å². The lowest BCUT2D eigenvalue weighted by molar-refractivity contribution is -0.133. The van der Waals surface area contributed by atoms with Crippen LogP contribution in [0.2, 0.25) is 0 Å². The first-order valence-corrected chi connectivity index (χ1v) is 9.23. The molecule has 0 saturated carbocycles. The molecule has 29 heavy (non-hydrogen) atoms. The minimum absolute atomic E-state index is 0. The zero-order valence-electron chi connectivity index (χ0n) is 16.3. The highest BCUT2D eigenvalue weighted by atomic mass is 35.5. The van der Waals surface area contributed by atoms with E-state index in [4.69, 9.17) is 5.73 Å². The molecule has 1 aliphatic rings. The quantitative estimate of drug-likeness (QED) is 0.753. The molecule has 2 N–H and O–H groups in total. The van der Waals surface area contributed by atoms with Crippen LogP contribution in [0.3, 0.4) is 0 Å². The van der Waals surface area contributed by atoms with Gasteiger partial charge in [-0.25, -0.2) is 8.78 Å². The van der Waals surface area contributed by atoms with Gasteiger partial charge in [0.15, 0.2) is 0 Å². The molecular weight excluding hydrogens is 419 g/mol. The molecule has 0 spiro atoms. The standard InChI is InChI=1S/C21H25F2N3O.2ClH/c1-15(18-8-7-17(22)13-19(18)23)25-9-11-26(12-10-25)21(27)14-20(24)16-5-3-2-4-6-16;;/h2-8,13,15,20H,9-12,14,24H2,1H3;2*1H. The summed E-state index contributed by atoms with van der Waals surface area (Å²) in [5, 5.41) is 0. The number of carbonyl (C=O) groups is 1. The Labute approximate surface area is 182 Å². The maximum atomic E-state index is 14.0. The monoisotopic (exact) mass is 445 g/mol. The number of benzene rings is 2. The van der Waals surface area contributed by atoms with Crippen LogP contribution in [0.1, 0.15) is 36.6 Å². The normalized spacial score (nSPS) is 16.3. The van der Waals surface area contributed by atoms with Gasteiger partial charge in [-0.3, -0.25) is 9.69 Å². The largest absolute Gasteiger partial charge is 0.340 e. The lowest BCUT2D eigenvalue weighted by atomic mass is 10.0. The summed E-state index contributed by atoms with van der Waals surface area (Å²) in [6.07, 6.45) is 0.270. The molecule has 3 rings (SSSR count). The van der Waals surface area contributed by atoms with Gasteiger partial charge in [0, 0.05) is 56.3 Å². The van der Waals surface area contributed by atoms with Crippen molar-refractivity contribution in [1.82, 2.24) is 9.80 Å². The lowest BCUT2D eigenvalue weighted by Gasteiger charge is -2.38. The molecule has 0 aliphatic carbocycles. The Morgan fingerprint density at radius 1 is 1.03 bits per heavy atom. The van der Waals surface area contributed by atoms with Crippen LogP contribution in [-0.2, 0) is 4.79 Å². The van der Waals surface area contributed by atoms with Crippen LogP contribution < -0.4 is 5.73 Å². The van der Waals surface area contributed by atoms with Crippen molar-refractivity contribution in [2.24, 2.45) is 5.73 Å². The molecule has 160 valence electrons. The summed E-state index contributed by atoms with van der Waals surface area (Å²) in [4.78, 5) is 16.5. The van der Waals surface area contributed by atoms with E-state index in [1.165, 1.54) is 12.1 Å². The van der Waals surface area contributed by atoms with Gasteiger partial charge in [0.05, 0.1) is 0 Å². The number of hydrogen-bond donors (Lipinski definition) is 1. The summed E-state index contributed by atoms with van der Waals surface area (Å²) >= 11 is 0. The van der Waals surface area contributed by atoms with Gasteiger partial charge in [0.25, 0.3) is 0 Å². The van der Waals surface area contributed by atoms with E-state index in [0.29, 0.717) is 31.7 Å². The van der Waals surface area contributed by atoms with Gasteiger partial charge >= 0.3 is 0 Å². The molecule has 2 atom stereocenters. The third-order valence-corrected chi connectivity index (χ3v) is 5.25. The number of piperazine rings is 1. The van der Waals surface area contributed by atoms with Crippen molar-refractivity contribution in [2.45, 2.75) is 25.4 Å². The molecule has 2 aromatic rings. The molecule has 0 aromatic heterocycles. The molecule has 2 unspecified atom stereocenters. The summed E-state index contributed by atoms with van der Waals surface area (Å²) in [5.74, 6) is -1.07. The molecule has 0 bridgehead atoms. The van der Waals surface area contributed by atoms with Crippen LogP contribution in [0.25, 0.3) is 0 Å². The van der Waals surface area contributed by atoms with Crippen molar-refractivity contribution in [1.29, 1.82) is 0 Å². The van der Waals surface area contributed by atoms with Crippen LogP contribution in [0.4, 0.5) is 8.78 Å². The highest BCUT2D eigenvalue weighted by molar-refractivity contribution is 5.85. The summed E-state index contributed by atoms with van der Waals surface area (Å²) in [6.45, 7) is 4.34. The molecule has 1 heterocycles. The minimum atomic E-state index is -0.575. The number of rotatable bonds is 5. The predicted molar refractivity (Wildman–Crippen MR) is 115 cm³/mol. The number of carbonyl (C=O) groups excluding carboxylic acids is 1. The smallest absolute Gasteiger partial charge is 0.224 e. The fourth-order valence-corrected chi connectivity index (χ4v) is 3.53. The molecule has 1 fully saturated rings. The lowest BCUT2D eigenvalue weighted by Crippen LogP contribution is -2.49. The van der Waals surface area contributed by atoms with E-state index in [2.05, 4.69) is 4.90 Å². The zero-order valence-corrected chi connectivity index (χ0v) is 17.9. The van der Waals surface area contributed by atoms with E-state index in [1.807, 2.05) is 42.2 Å². The van der Waals surface area contributed by atoms with Crippen molar-refractivity contribution < 1.29 is 13.6 Å². The first-order chi connectivity index (χ1) is 13.0. The molecule has 4 nitrogen and oxygen atoms in total. The topological polar surface area (TPSA) is 49.6 Å². The van der Waals surface area contributed by atoms with Crippen molar-refractivity contribution in [3.05, 3.63) is 71.3 Å². The highest BCUT2D eigenvalue weighted by Gasteiger charge is 2.27. The highest BCUT2D eigenvalue weighted by Crippen LogP contribution is 2.25. The third kappa shape index (κ3) is 6.37. The average Bonchev–Trinajstić information content (AvgIpc) is 2.68. The molecule has 1 saturated heterocycles. The maximum Gasteiger partial charge on any atom is 0.224 e. The van der Waals surface area contributed by atoms with Gasteiger partial charge in [0.1, 0.15) is 11.6 Å². The van der Waals surface area contributed by atoms with Gasteiger partial charge in [-0.15, -0.1) is 24.8 Å². The van der Waals surface area contributed by atoms with Gasteiger partial charge < -0.3 is 10.6 Å². The van der Waals surface area contributed by atoms with Crippen molar-refractivity contribution >= 4 is 30.7 Å². The Bertz CT molecular complexity index is 787. The first kappa shape index (κ1) is 25.3. The van der Waals surface area contributed by atoms with Gasteiger partial charge in [-0.1, -0.05) is 36.4 Å². The fourth-order valence-electron chi connectivity index (χ4n) is 3.53. The van der Waals surface area contributed by atoms with E-state index >= 15 is 0 Å². The van der Waals surface area contributed by atoms with Crippen LogP contribution in [0.5, 0.6) is 0 Å². The summed E-state index contributed by atoms with van der Waals surface area (Å²) in [6, 6.07) is 12.8. The summed E-state index contributed by atoms with van der Waals surface area (Å²) < 4.78 is 27.1. The van der Waals surface area contributed by atoms with Crippen molar-refractivity contribution in [3.63, 3.8) is 0 Å². The zero-order chi connectivity index (χ0) is 19.4. The summed E-state index contributed by atoms with van der Waals surface area (Å²) in [7, 11) is 0. The molecule has 2 aromatic carbocycles. The Kier molecular flexibility index (Phi) is 10.00. The Morgan fingerprint density at radius 3 is 2.24 bits per heavy atom. The molecular formula is C21H27Cl2F2N3O. The first-order valence-electron chi connectivity index (χ1n) is 9.23. The number of nitrogens with two attached hydrogens (primary N) is 1. The van der Waals surface area contributed by atoms with E-state index in [9.17, 15) is 13.6 Å². The van der Waals surface area contributed by atoms with Crippen LogP contribution in [-0.4, -0.2) is 41.9 Å². The fraction of sp³-hybridized carbons (Fsp3) is 0.381. The second-order valence-corrected chi connectivity index (χ2v) is 6.98. The third-order valence-electron chi connectivity index (χ3n) is 5.25. The Morgan fingerprint density at radius 2 is 1.66 bits per heavy atom. The Hall–Kier alpha value is -1.73. The minimum Gasteiger partial charge on any atom is -0.340 e. The van der Waals surface area contributed by atoms with E-state index in [-0.39, 0.29) is 49.2 Å². The number of nitrogens with zero attached hydrogens (tertiary/aromatic N) is 2. The molecule has 8 heteroatoms. The van der Waals surface area contributed by atoms with Gasteiger partial charge in [0.2, 0.25) is 5.91 Å². The van der Waals surface area contributed by atoms with E-state index in [0.717, 1.165) is 11.6 Å². The molecule has 1 amide bonds. The van der Waals surface area contributed by atoms with Crippen molar-refractivity contribution in [2.75, 3.05) is 26.2 Å². The predicted octanol–water partition coefficient (Wildman–Crippen LogP) is 4.10. The van der Waals surface area contributed by atoms with Crippen LogP contribution in [0, 0.1) is 11.6 Å². The van der Waals surface area contributed by atoms with Crippen LogP contribution in [0.15, 0.2) is 48.5 Å². The molecule has 0 radical (unpaired) electrons. The number of amides is 1. The SMILES string of the molecule is CC(c1ccc(F)cc1F)N1CCN(C(=O)CC(N)c2ccccc2)CC1.Cl.Cl. The second-order valence-electron chi connectivity index (χ2n) is 6.98. The number of hydrogen-bond acceptors (Lipinski definition) is 3. The summed E-state index contributed by atoms with van der Waals surface area (Å²) in [5.41, 5.74) is 7.58. The van der Waals surface area contributed by atoms with Crippen molar-refractivity contribution in [3.8, 4) is 0 Å². The van der Waals surface area contributed by atoms with E-state index in [1.54, 1.807) is 0 Å². The van der Waals surface area contributed by atoms with Gasteiger partial charge in [-0.05, 0) is 18.6 Å². The average molecular weight is 446 g/mol. The number of halogens is 4. The maximum absolute atomic E-state index is 14.0. The van der Waals surface area contributed by atoms with E-state index < -0.39 is 11.6 Å². The van der Waals surface area contributed by atoms with Crippen LogP contribution >= 0.6 is 24.8 Å². The molecule has 1 aliphatic heterocycles.